The summed E-state index contributed by atoms with van der Waals surface area (Å²) in [6.45, 7) is 8.80. The molecule has 0 aromatic heterocycles. The fourth-order valence-corrected chi connectivity index (χ4v) is 4.61. The topological polar surface area (TPSA) is 15.3 Å². The molecule has 1 aliphatic carbocycles. The van der Waals surface area contributed by atoms with Crippen LogP contribution in [0.25, 0.3) is 0 Å². The van der Waals surface area contributed by atoms with Crippen molar-refractivity contribution in [2.45, 2.75) is 32.7 Å². The van der Waals surface area contributed by atoms with Gasteiger partial charge in [-0.15, -0.1) is 0 Å². The summed E-state index contributed by atoms with van der Waals surface area (Å²) in [5, 5.41) is 3.57. The molecule has 2 rings (SSSR count). The van der Waals surface area contributed by atoms with Crippen LogP contribution in [0.2, 0.25) is 0 Å². The van der Waals surface area contributed by atoms with E-state index in [2.05, 4.69) is 42.9 Å². The smallest absolute Gasteiger partial charge is 0.0110 e. The lowest BCUT2D eigenvalue weighted by molar-refractivity contribution is 0.109. The molecule has 4 unspecified atom stereocenters. The van der Waals surface area contributed by atoms with Gasteiger partial charge in [-0.05, 0) is 37.6 Å². The predicted molar refractivity (Wildman–Crippen MR) is 77.7 cm³/mol. The van der Waals surface area contributed by atoms with Crippen molar-refractivity contribution in [1.82, 2.24) is 10.2 Å². The van der Waals surface area contributed by atoms with E-state index in [-0.39, 0.29) is 0 Å². The molecule has 4 atom stereocenters. The van der Waals surface area contributed by atoms with E-state index >= 15 is 0 Å². The van der Waals surface area contributed by atoms with Crippen molar-refractivity contribution in [3.63, 3.8) is 0 Å². The molecular formula is C14H28N2S. The minimum Gasteiger partial charge on any atom is -0.317 e. The Labute approximate surface area is 111 Å². The van der Waals surface area contributed by atoms with E-state index in [1.807, 2.05) is 0 Å². The highest BCUT2D eigenvalue weighted by Gasteiger charge is 2.34. The lowest BCUT2D eigenvalue weighted by Gasteiger charge is -2.42. The summed E-state index contributed by atoms with van der Waals surface area (Å²) in [4.78, 5) is 2.69. The second-order valence-electron chi connectivity index (χ2n) is 6.03. The van der Waals surface area contributed by atoms with Gasteiger partial charge in [0.1, 0.15) is 0 Å². The van der Waals surface area contributed by atoms with Crippen molar-refractivity contribution in [3.05, 3.63) is 0 Å². The van der Waals surface area contributed by atoms with Crippen LogP contribution in [0.3, 0.4) is 0 Å². The normalized spacial score (nSPS) is 40.4. The molecule has 3 heteroatoms. The molecule has 1 N–H and O–H groups in total. The number of thioether (sulfide) groups is 1. The third-order valence-corrected chi connectivity index (χ3v) is 5.56. The highest BCUT2D eigenvalue weighted by molar-refractivity contribution is 7.99. The van der Waals surface area contributed by atoms with Crippen LogP contribution < -0.4 is 5.32 Å². The highest BCUT2D eigenvalue weighted by Crippen LogP contribution is 2.34. The fourth-order valence-electron chi connectivity index (χ4n) is 3.63. The molecule has 1 aliphatic heterocycles. The van der Waals surface area contributed by atoms with Gasteiger partial charge in [-0.2, -0.15) is 11.8 Å². The van der Waals surface area contributed by atoms with Crippen LogP contribution in [-0.4, -0.2) is 49.1 Å². The van der Waals surface area contributed by atoms with E-state index in [0.29, 0.717) is 0 Å². The molecule has 0 bridgehead atoms. The van der Waals surface area contributed by atoms with Gasteiger partial charge < -0.3 is 10.2 Å². The van der Waals surface area contributed by atoms with Crippen molar-refractivity contribution >= 4 is 11.8 Å². The van der Waals surface area contributed by atoms with Gasteiger partial charge in [0.15, 0.2) is 0 Å². The highest BCUT2D eigenvalue weighted by atomic mass is 32.2. The average molecular weight is 256 g/mol. The Hall–Kier alpha value is 0.270. The first-order valence-electron chi connectivity index (χ1n) is 7.18. The molecule has 0 aromatic carbocycles. The minimum absolute atomic E-state index is 0.739. The summed E-state index contributed by atoms with van der Waals surface area (Å²) >= 11 is 2.11. The maximum atomic E-state index is 3.57. The van der Waals surface area contributed by atoms with Crippen molar-refractivity contribution in [2.75, 3.05) is 38.2 Å². The second-order valence-corrected chi connectivity index (χ2v) is 7.25. The number of rotatable bonds is 3. The standard InChI is InChI=1S/C14H28N2S/c1-11-8-12(2)13(14(9-11)15-3)10-16-4-6-17-7-5-16/h11-15H,4-10H2,1-3H3. The zero-order valence-electron chi connectivity index (χ0n) is 11.6. The van der Waals surface area contributed by atoms with E-state index in [4.69, 9.17) is 0 Å². The van der Waals surface area contributed by atoms with Crippen LogP contribution in [0.5, 0.6) is 0 Å². The maximum absolute atomic E-state index is 3.57. The van der Waals surface area contributed by atoms with Crippen molar-refractivity contribution in [1.29, 1.82) is 0 Å². The van der Waals surface area contributed by atoms with E-state index in [1.165, 1.54) is 44.0 Å². The molecule has 2 nitrogen and oxygen atoms in total. The molecule has 0 aromatic rings. The van der Waals surface area contributed by atoms with Gasteiger partial charge in [-0.1, -0.05) is 13.8 Å². The minimum atomic E-state index is 0.739. The van der Waals surface area contributed by atoms with E-state index in [0.717, 1.165) is 23.8 Å². The van der Waals surface area contributed by atoms with Gasteiger partial charge in [0.2, 0.25) is 0 Å². The monoisotopic (exact) mass is 256 g/mol. The molecule has 2 aliphatic rings. The van der Waals surface area contributed by atoms with Crippen molar-refractivity contribution in [2.24, 2.45) is 17.8 Å². The lowest BCUT2D eigenvalue weighted by Crippen LogP contribution is -2.49. The largest absolute Gasteiger partial charge is 0.317 e. The molecule has 2 fully saturated rings. The van der Waals surface area contributed by atoms with Gasteiger partial charge in [0.05, 0.1) is 0 Å². The lowest BCUT2D eigenvalue weighted by atomic mass is 9.72. The number of hydrogen-bond donors (Lipinski definition) is 1. The Bertz CT molecular complexity index is 228. The van der Waals surface area contributed by atoms with Gasteiger partial charge in [-0.3, -0.25) is 0 Å². The van der Waals surface area contributed by atoms with Crippen molar-refractivity contribution in [3.8, 4) is 0 Å². The summed E-state index contributed by atoms with van der Waals surface area (Å²) in [7, 11) is 2.15. The summed E-state index contributed by atoms with van der Waals surface area (Å²) in [6, 6.07) is 0.739. The Balaban J connectivity index is 1.91. The molecule has 0 radical (unpaired) electrons. The van der Waals surface area contributed by atoms with Crippen molar-refractivity contribution < 1.29 is 0 Å². The first kappa shape index (κ1) is 13.7. The van der Waals surface area contributed by atoms with Gasteiger partial charge in [-0.25, -0.2) is 0 Å². The SMILES string of the molecule is CNC1CC(C)CC(C)C1CN1CCSCC1. The van der Waals surface area contributed by atoms with E-state index in [1.54, 1.807) is 0 Å². The second kappa shape index (κ2) is 6.44. The quantitative estimate of drug-likeness (QED) is 0.834. The Morgan fingerprint density at radius 2 is 1.88 bits per heavy atom. The molecule has 1 saturated carbocycles. The number of hydrogen-bond acceptors (Lipinski definition) is 3. The summed E-state index contributed by atoms with van der Waals surface area (Å²) in [6.07, 6.45) is 2.79. The Morgan fingerprint density at radius 1 is 1.18 bits per heavy atom. The predicted octanol–water partition coefficient (Wildman–Crippen LogP) is 2.31. The molecular weight excluding hydrogens is 228 g/mol. The molecule has 17 heavy (non-hydrogen) atoms. The van der Waals surface area contributed by atoms with Crippen LogP contribution in [0.15, 0.2) is 0 Å². The molecule has 1 heterocycles. The molecule has 0 amide bonds. The summed E-state index contributed by atoms with van der Waals surface area (Å²) < 4.78 is 0. The Morgan fingerprint density at radius 3 is 2.53 bits per heavy atom. The van der Waals surface area contributed by atoms with E-state index in [9.17, 15) is 0 Å². The van der Waals surface area contributed by atoms with Crippen LogP contribution in [0.1, 0.15) is 26.7 Å². The fraction of sp³-hybridized carbons (Fsp3) is 1.00. The average Bonchev–Trinajstić information content (AvgIpc) is 2.33. The zero-order chi connectivity index (χ0) is 12.3. The van der Waals surface area contributed by atoms with Crippen LogP contribution in [-0.2, 0) is 0 Å². The van der Waals surface area contributed by atoms with Gasteiger partial charge >= 0.3 is 0 Å². The van der Waals surface area contributed by atoms with Crippen LogP contribution in [0.4, 0.5) is 0 Å². The number of nitrogens with zero attached hydrogens (tertiary/aromatic N) is 1. The molecule has 100 valence electrons. The van der Waals surface area contributed by atoms with Gasteiger partial charge in [0, 0.05) is 37.2 Å². The third-order valence-electron chi connectivity index (χ3n) is 4.62. The Kier molecular flexibility index (Phi) is 5.19. The molecule has 0 spiro atoms. The number of nitrogens with one attached hydrogen (secondary N) is 1. The van der Waals surface area contributed by atoms with Crippen LogP contribution >= 0.6 is 11.8 Å². The van der Waals surface area contributed by atoms with Crippen LogP contribution in [0, 0.1) is 17.8 Å². The first-order chi connectivity index (χ1) is 8.20. The summed E-state index contributed by atoms with van der Waals surface area (Å²) in [5.74, 6) is 5.31. The van der Waals surface area contributed by atoms with E-state index < -0.39 is 0 Å². The van der Waals surface area contributed by atoms with Gasteiger partial charge in [0.25, 0.3) is 0 Å². The summed E-state index contributed by atoms with van der Waals surface area (Å²) in [5.41, 5.74) is 0. The first-order valence-corrected chi connectivity index (χ1v) is 8.33. The molecule has 1 saturated heterocycles. The third kappa shape index (κ3) is 3.62. The maximum Gasteiger partial charge on any atom is 0.0110 e. The zero-order valence-corrected chi connectivity index (χ0v) is 12.4.